The number of nitriles is 1. The number of rotatable bonds is 1. The van der Waals surface area contributed by atoms with Crippen molar-refractivity contribution in [3.8, 4) is 6.07 Å². The van der Waals surface area contributed by atoms with E-state index in [-0.39, 0.29) is 5.92 Å². The lowest BCUT2D eigenvalue weighted by atomic mass is 10.1. The number of likely N-dealkylation sites (N-methyl/N-ethyl adjacent to an activating group) is 2. The Morgan fingerprint density at radius 1 is 1.42 bits per heavy atom. The number of likely N-dealkylation sites (tertiary alicyclic amines) is 1. The lowest BCUT2D eigenvalue weighted by Crippen LogP contribution is -2.32. The summed E-state index contributed by atoms with van der Waals surface area (Å²) in [5, 5.41) is 11.8. The van der Waals surface area contributed by atoms with Crippen LogP contribution in [0.1, 0.15) is 13.8 Å². The van der Waals surface area contributed by atoms with E-state index in [0.717, 1.165) is 13.1 Å². The third kappa shape index (κ3) is 2.80. The molecule has 0 radical (unpaired) electrons. The highest BCUT2D eigenvalue weighted by atomic mass is 15.2. The van der Waals surface area contributed by atoms with Crippen molar-refractivity contribution in [3.63, 3.8) is 0 Å². The summed E-state index contributed by atoms with van der Waals surface area (Å²) in [6.07, 6.45) is 0. The van der Waals surface area contributed by atoms with Gasteiger partial charge >= 0.3 is 0 Å². The van der Waals surface area contributed by atoms with Crippen LogP contribution >= 0.6 is 0 Å². The second-order valence-corrected chi connectivity index (χ2v) is 2.85. The zero-order chi connectivity index (χ0) is 9.56. The van der Waals surface area contributed by atoms with Gasteiger partial charge in [0.2, 0.25) is 0 Å². The summed E-state index contributed by atoms with van der Waals surface area (Å²) in [6, 6.07) is 2.66. The largest absolute Gasteiger partial charge is 0.314 e. The van der Waals surface area contributed by atoms with Crippen LogP contribution in [0.2, 0.25) is 0 Å². The molecular formula is C9H19N3. The van der Waals surface area contributed by atoms with Crippen molar-refractivity contribution in [2.24, 2.45) is 5.92 Å². The first-order valence-electron chi connectivity index (χ1n) is 4.53. The molecule has 3 heteroatoms. The van der Waals surface area contributed by atoms with Gasteiger partial charge in [0.05, 0.1) is 12.0 Å². The molecule has 2 atom stereocenters. The summed E-state index contributed by atoms with van der Waals surface area (Å²) >= 11 is 0. The maximum atomic E-state index is 8.67. The molecule has 2 unspecified atom stereocenters. The number of hydrogen-bond donors (Lipinski definition) is 1. The third-order valence-corrected chi connectivity index (χ3v) is 2.04. The van der Waals surface area contributed by atoms with Crippen molar-refractivity contribution in [1.29, 1.82) is 5.26 Å². The normalized spacial score (nSPS) is 28.9. The lowest BCUT2D eigenvalue weighted by molar-refractivity contribution is 0.401. The molecule has 0 amide bonds. The molecule has 1 aliphatic heterocycles. The molecule has 1 saturated heterocycles. The summed E-state index contributed by atoms with van der Waals surface area (Å²) in [4.78, 5) is 2.18. The van der Waals surface area contributed by atoms with Crippen LogP contribution in [-0.2, 0) is 0 Å². The monoisotopic (exact) mass is 169 g/mol. The highest BCUT2D eigenvalue weighted by Gasteiger charge is 2.28. The average molecular weight is 169 g/mol. The van der Waals surface area contributed by atoms with Crippen LogP contribution in [0, 0.1) is 17.2 Å². The van der Waals surface area contributed by atoms with Crippen LogP contribution in [0.25, 0.3) is 0 Å². The molecule has 0 spiro atoms. The van der Waals surface area contributed by atoms with Gasteiger partial charge in [0, 0.05) is 19.1 Å². The predicted octanol–water partition coefficient (Wildman–Crippen LogP) is 0.686. The van der Waals surface area contributed by atoms with Gasteiger partial charge in [-0.05, 0) is 14.1 Å². The molecule has 1 N–H and O–H groups in total. The summed E-state index contributed by atoms with van der Waals surface area (Å²) < 4.78 is 0. The molecule has 0 aromatic heterocycles. The fraction of sp³-hybridized carbons (Fsp3) is 0.889. The first-order chi connectivity index (χ1) is 5.77. The fourth-order valence-electron chi connectivity index (χ4n) is 1.42. The standard InChI is InChI=1S/C7H13N3.C2H6/c1-9-7-5-10(2)4-6(7)3-8;1-2/h6-7,9H,4-5H2,1-2H3;1-2H3. The van der Waals surface area contributed by atoms with E-state index in [1.54, 1.807) is 0 Å². The van der Waals surface area contributed by atoms with Gasteiger partial charge in [-0.1, -0.05) is 13.8 Å². The molecule has 0 bridgehead atoms. The second-order valence-electron chi connectivity index (χ2n) is 2.85. The Balaban J connectivity index is 0.000000561. The number of nitrogens with zero attached hydrogens (tertiary/aromatic N) is 2. The number of nitrogens with one attached hydrogen (secondary N) is 1. The van der Waals surface area contributed by atoms with Gasteiger partial charge in [-0.15, -0.1) is 0 Å². The zero-order valence-corrected chi connectivity index (χ0v) is 8.46. The van der Waals surface area contributed by atoms with Gasteiger partial charge in [0.1, 0.15) is 0 Å². The minimum Gasteiger partial charge on any atom is -0.314 e. The van der Waals surface area contributed by atoms with Crippen LogP contribution in [0.4, 0.5) is 0 Å². The van der Waals surface area contributed by atoms with E-state index in [2.05, 4.69) is 16.3 Å². The first-order valence-corrected chi connectivity index (χ1v) is 4.53. The first kappa shape index (κ1) is 11.4. The van der Waals surface area contributed by atoms with Gasteiger partial charge in [0.15, 0.2) is 0 Å². The molecular weight excluding hydrogens is 150 g/mol. The maximum Gasteiger partial charge on any atom is 0.0755 e. The fourth-order valence-corrected chi connectivity index (χ4v) is 1.42. The zero-order valence-electron chi connectivity index (χ0n) is 8.46. The minimum atomic E-state index is 0.176. The van der Waals surface area contributed by atoms with E-state index < -0.39 is 0 Å². The summed E-state index contributed by atoms with van der Waals surface area (Å²) in [7, 11) is 3.95. The molecule has 0 aromatic rings. The minimum absolute atomic E-state index is 0.176. The van der Waals surface area contributed by atoms with Crippen LogP contribution < -0.4 is 5.32 Å². The van der Waals surface area contributed by atoms with Crippen LogP contribution in [0.3, 0.4) is 0 Å². The Kier molecular flexibility index (Phi) is 5.69. The summed E-state index contributed by atoms with van der Waals surface area (Å²) in [5.41, 5.74) is 0. The van der Waals surface area contributed by atoms with E-state index in [0.29, 0.717) is 6.04 Å². The van der Waals surface area contributed by atoms with Crippen LogP contribution in [0.5, 0.6) is 0 Å². The topological polar surface area (TPSA) is 39.1 Å². The Hall–Kier alpha value is -0.590. The second kappa shape index (κ2) is 5.99. The number of hydrogen-bond acceptors (Lipinski definition) is 3. The molecule has 70 valence electrons. The van der Waals surface area contributed by atoms with E-state index >= 15 is 0 Å². The van der Waals surface area contributed by atoms with Crippen LogP contribution in [-0.4, -0.2) is 38.1 Å². The molecule has 1 fully saturated rings. The SMILES string of the molecule is CC.CNC1CN(C)CC1C#N. The van der Waals surface area contributed by atoms with E-state index in [1.165, 1.54) is 0 Å². The van der Waals surface area contributed by atoms with Crippen molar-refractivity contribution in [2.75, 3.05) is 27.2 Å². The van der Waals surface area contributed by atoms with Gasteiger partial charge < -0.3 is 10.2 Å². The van der Waals surface area contributed by atoms with Crippen molar-refractivity contribution in [2.45, 2.75) is 19.9 Å². The molecule has 1 aliphatic rings. The highest BCUT2D eigenvalue weighted by Crippen LogP contribution is 2.13. The molecule has 12 heavy (non-hydrogen) atoms. The molecule has 0 aliphatic carbocycles. The predicted molar refractivity (Wildman–Crippen MR) is 50.8 cm³/mol. The van der Waals surface area contributed by atoms with Gasteiger partial charge in [-0.25, -0.2) is 0 Å². The van der Waals surface area contributed by atoms with Gasteiger partial charge in [-0.3, -0.25) is 0 Å². The highest BCUT2D eigenvalue weighted by molar-refractivity contribution is 4.99. The Morgan fingerprint density at radius 3 is 2.33 bits per heavy atom. The quantitative estimate of drug-likeness (QED) is 0.627. The van der Waals surface area contributed by atoms with Crippen molar-refractivity contribution in [3.05, 3.63) is 0 Å². The maximum absolute atomic E-state index is 8.67. The van der Waals surface area contributed by atoms with Gasteiger partial charge in [0.25, 0.3) is 0 Å². The lowest BCUT2D eigenvalue weighted by Gasteiger charge is -2.09. The summed E-state index contributed by atoms with van der Waals surface area (Å²) in [5.74, 6) is 0.176. The van der Waals surface area contributed by atoms with Crippen molar-refractivity contribution >= 4 is 0 Å². The summed E-state index contributed by atoms with van der Waals surface area (Å²) in [6.45, 7) is 5.90. The van der Waals surface area contributed by atoms with Crippen LogP contribution in [0.15, 0.2) is 0 Å². The molecule has 3 nitrogen and oxygen atoms in total. The van der Waals surface area contributed by atoms with E-state index in [4.69, 9.17) is 5.26 Å². The van der Waals surface area contributed by atoms with E-state index in [9.17, 15) is 0 Å². The van der Waals surface area contributed by atoms with E-state index in [1.807, 2.05) is 27.9 Å². The molecule has 0 saturated carbocycles. The average Bonchev–Trinajstić information content (AvgIpc) is 2.49. The Labute approximate surface area is 75.4 Å². The molecule has 1 rings (SSSR count). The van der Waals surface area contributed by atoms with Crippen molar-refractivity contribution in [1.82, 2.24) is 10.2 Å². The molecule has 1 heterocycles. The Bertz CT molecular complexity index is 150. The van der Waals surface area contributed by atoms with Crippen molar-refractivity contribution < 1.29 is 0 Å². The smallest absolute Gasteiger partial charge is 0.0755 e. The Morgan fingerprint density at radius 2 is 2.00 bits per heavy atom. The third-order valence-electron chi connectivity index (χ3n) is 2.04. The van der Waals surface area contributed by atoms with Gasteiger partial charge in [-0.2, -0.15) is 5.26 Å². The molecule has 0 aromatic carbocycles.